The van der Waals surface area contributed by atoms with Crippen molar-refractivity contribution in [2.45, 2.75) is 25.3 Å². The number of hydrogen-bond acceptors (Lipinski definition) is 5. The quantitative estimate of drug-likeness (QED) is 0.847. The molecule has 2 aromatic rings. The van der Waals surface area contributed by atoms with Crippen LogP contribution in [-0.2, 0) is 16.6 Å². The van der Waals surface area contributed by atoms with Crippen molar-refractivity contribution in [1.29, 1.82) is 0 Å². The van der Waals surface area contributed by atoms with Crippen molar-refractivity contribution in [3.05, 3.63) is 47.7 Å². The second-order valence-corrected chi connectivity index (χ2v) is 6.04. The van der Waals surface area contributed by atoms with Crippen LogP contribution in [0.4, 0.5) is 0 Å². The zero-order chi connectivity index (χ0) is 14.8. The summed E-state index contributed by atoms with van der Waals surface area (Å²) in [7, 11) is -3.65. The molecule has 0 aliphatic carbocycles. The van der Waals surface area contributed by atoms with Gasteiger partial charge in [0.25, 0.3) is 0 Å². The van der Waals surface area contributed by atoms with E-state index in [0.717, 1.165) is 0 Å². The van der Waals surface area contributed by atoms with E-state index in [1.165, 1.54) is 37.4 Å². The van der Waals surface area contributed by atoms with E-state index in [1.807, 2.05) is 0 Å². The van der Waals surface area contributed by atoms with Crippen LogP contribution in [0.3, 0.4) is 0 Å². The van der Waals surface area contributed by atoms with Gasteiger partial charge in [0.15, 0.2) is 5.78 Å². The molecule has 1 aromatic heterocycles. The summed E-state index contributed by atoms with van der Waals surface area (Å²) in [5, 5.41) is 0. The SMILES string of the molecule is CC(=O)c1ccc(S(=O)(=O)NCc2ncc(C)o2)cc1. The van der Waals surface area contributed by atoms with Crippen LogP contribution >= 0.6 is 0 Å². The van der Waals surface area contributed by atoms with Gasteiger partial charge in [0, 0.05) is 5.56 Å². The highest BCUT2D eigenvalue weighted by molar-refractivity contribution is 7.89. The fourth-order valence-corrected chi connectivity index (χ4v) is 2.57. The summed E-state index contributed by atoms with van der Waals surface area (Å²) in [4.78, 5) is 15.1. The number of rotatable bonds is 5. The molecule has 0 amide bonds. The summed E-state index contributed by atoms with van der Waals surface area (Å²) in [6, 6.07) is 5.73. The number of carbonyl (C=O) groups excluding carboxylic acids is 1. The van der Waals surface area contributed by atoms with E-state index in [9.17, 15) is 13.2 Å². The van der Waals surface area contributed by atoms with Crippen molar-refractivity contribution in [2.24, 2.45) is 0 Å². The van der Waals surface area contributed by atoms with Crippen LogP contribution in [0, 0.1) is 6.92 Å². The van der Waals surface area contributed by atoms with Crippen LogP contribution in [0.5, 0.6) is 0 Å². The molecule has 1 N–H and O–H groups in total. The van der Waals surface area contributed by atoms with E-state index >= 15 is 0 Å². The molecular weight excluding hydrogens is 280 g/mol. The molecule has 0 saturated carbocycles. The highest BCUT2D eigenvalue weighted by Crippen LogP contribution is 2.12. The van der Waals surface area contributed by atoms with Gasteiger partial charge >= 0.3 is 0 Å². The molecule has 0 unspecified atom stereocenters. The smallest absolute Gasteiger partial charge is 0.241 e. The van der Waals surface area contributed by atoms with Gasteiger partial charge in [0.2, 0.25) is 15.9 Å². The average Bonchev–Trinajstić information content (AvgIpc) is 2.82. The summed E-state index contributed by atoms with van der Waals surface area (Å²) in [5.41, 5.74) is 0.465. The van der Waals surface area contributed by atoms with E-state index in [4.69, 9.17) is 4.42 Å². The van der Waals surface area contributed by atoms with Crippen molar-refractivity contribution >= 4 is 15.8 Å². The number of nitrogens with zero attached hydrogens (tertiary/aromatic N) is 1. The van der Waals surface area contributed by atoms with Crippen LogP contribution in [0.25, 0.3) is 0 Å². The Labute approximate surface area is 116 Å². The molecule has 0 aliphatic heterocycles. The molecule has 0 fully saturated rings. The topological polar surface area (TPSA) is 89.3 Å². The van der Waals surface area contributed by atoms with Crippen molar-refractivity contribution < 1.29 is 17.6 Å². The van der Waals surface area contributed by atoms with Gasteiger partial charge in [-0.1, -0.05) is 12.1 Å². The zero-order valence-corrected chi connectivity index (χ0v) is 11.9. The Morgan fingerprint density at radius 2 is 1.95 bits per heavy atom. The van der Waals surface area contributed by atoms with Crippen molar-refractivity contribution in [1.82, 2.24) is 9.71 Å². The number of benzene rings is 1. The lowest BCUT2D eigenvalue weighted by Gasteiger charge is -2.05. The van der Waals surface area contributed by atoms with Crippen LogP contribution in [0.15, 0.2) is 39.8 Å². The first kappa shape index (κ1) is 14.4. The fraction of sp³-hybridized carbons (Fsp3) is 0.231. The Bertz CT molecular complexity index is 717. The van der Waals surface area contributed by atoms with Gasteiger partial charge in [-0.2, -0.15) is 0 Å². The minimum Gasteiger partial charge on any atom is -0.445 e. The summed E-state index contributed by atoms with van der Waals surface area (Å²) in [6.45, 7) is 3.13. The molecule has 1 aromatic carbocycles. The first-order valence-corrected chi connectivity index (χ1v) is 7.39. The first-order chi connectivity index (χ1) is 9.38. The molecule has 2 rings (SSSR count). The number of hydrogen-bond donors (Lipinski definition) is 1. The van der Waals surface area contributed by atoms with E-state index in [0.29, 0.717) is 17.2 Å². The maximum atomic E-state index is 12.0. The molecular formula is C13H14N2O4S. The van der Waals surface area contributed by atoms with E-state index in [1.54, 1.807) is 6.92 Å². The number of sulfonamides is 1. The Hall–Kier alpha value is -1.99. The van der Waals surface area contributed by atoms with Crippen LogP contribution in [0.1, 0.15) is 28.9 Å². The van der Waals surface area contributed by atoms with Gasteiger partial charge < -0.3 is 4.42 Å². The van der Waals surface area contributed by atoms with Gasteiger partial charge in [-0.15, -0.1) is 0 Å². The van der Waals surface area contributed by atoms with Crippen LogP contribution in [0.2, 0.25) is 0 Å². The number of aromatic nitrogens is 1. The number of carbonyl (C=O) groups is 1. The molecule has 0 bridgehead atoms. The largest absolute Gasteiger partial charge is 0.445 e. The number of ketones is 1. The monoisotopic (exact) mass is 294 g/mol. The highest BCUT2D eigenvalue weighted by Gasteiger charge is 2.15. The van der Waals surface area contributed by atoms with Gasteiger partial charge in [-0.3, -0.25) is 4.79 Å². The van der Waals surface area contributed by atoms with Crippen molar-refractivity contribution in [3.8, 4) is 0 Å². The first-order valence-electron chi connectivity index (χ1n) is 5.90. The second-order valence-electron chi connectivity index (χ2n) is 4.27. The lowest BCUT2D eigenvalue weighted by molar-refractivity contribution is 0.101. The van der Waals surface area contributed by atoms with Crippen LogP contribution < -0.4 is 4.72 Å². The van der Waals surface area contributed by atoms with Gasteiger partial charge in [0.1, 0.15) is 5.76 Å². The molecule has 0 atom stereocenters. The lowest BCUT2D eigenvalue weighted by Crippen LogP contribution is -2.23. The standard InChI is InChI=1S/C13H14N2O4S/c1-9-7-14-13(19-9)8-15-20(17,18)12-5-3-11(4-6-12)10(2)16/h3-7,15H,8H2,1-2H3. The van der Waals surface area contributed by atoms with E-state index < -0.39 is 10.0 Å². The Morgan fingerprint density at radius 3 is 2.45 bits per heavy atom. The van der Waals surface area contributed by atoms with Crippen LogP contribution in [-0.4, -0.2) is 19.2 Å². The number of oxazole rings is 1. The minimum absolute atomic E-state index is 0.0232. The summed E-state index contributed by atoms with van der Waals surface area (Å²) < 4.78 is 31.6. The van der Waals surface area contributed by atoms with Crippen molar-refractivity contribution in [3.63, 3.8) is 0 Å². The Balaban J connectivity index is 2.11. The molecule has 106 valence electrons. The lowest BCUT2D eigenvalue weighted by atomic mass is 10.2. The van der Waals surface area contributed by atoms with Gasteiger partial charge in [0.05, 0.1) is 17.6 Å². The van der Waals surface area contributed by atoms with E-state index in [2.05, 4.69) is 9.71 Å². The number of Topliss-reactive ketones (excluding diaryl/α,β-unsaturated/α-hetero) is 1. The van der Waals surface area contributed by atoms with Gasteiger partial charge in [-0.05, 0) is 26.0 Å². The third-order valence-corrected chi connectivity index (χ3v) is 4.07. The predicted octanol–water partition coefficient (Wildman–Crippen LogP) is 1.66. The third-order valence-electron chi connectivity index (χ3n) is 2.65. The normalized spacial score (nSPS) is 11.5. The summed E-state index contributed by atoms with van der Waals surface area (Å²) >= 11 is 0. The summed E-state index contributed by atoms with van der Waals surface area (Å²) in [5.74, 6) is 0.800. The maximum Gasteiger partial charge on any atom is 0.241 e. The fourth-order valence-electron chi connectivity index (χ4n) is 1.59. The van der Waals surface area contributed by atoms with Gasteiger partial charge in [-0.25, -0.2) is 18.1 Å². The maximum absolute atomic E-state index is 12.0. The molecule has 1 heterocycles. The molecule has 6 nitrogen and oxygen atoms in total. The molecule has 20 heavy (non-hydrogen) atoms. The highest BCUT2D eigenvalue weighted by atomic mass is 32.2. The minimum atomic E-state index is -3.65. The number of aryl methyl sites for hydroxylation is 1. The zero-order valence-electron chi connectivity index (χ0n) is 11.1. The second kappa shape index (κ2) is 5.56. The molecule has 0 saturated heterocycles. The average molecular weight is 294 g/mol. The molecule has 0 aliphatic rings. The molecule has 7 heteroatoms. The molecule has 0 radical (unpaired) electrons. The predicted molar refractivity (Wildman–Crippen MR) is 71.7 cm³/mol. The van der Waals surface area contributed by atoms with E-state index in [-0.39, 0.29) is 17.2 Å². The Morgan fingerprint density at radius 1 is 1.30 bits per heavy atom. The van der Waals surface area contributed by atoms with Crippen molar-refractivity contribution in [2.75, 3.05) is 0 Å². The number of nitrogens with one attached hydrogen (secondary N) is 1. The Kier molecular flexibility index (Phi) is 4.01. The molecule has 0 spiro atoms. The summed E-state index contributed by atoms with van der Waals surface area (Å²) in [6.07, 6.45) is 1.52. The third kappa shape index (κ3) is 3.31.